The molecule has 1 saturated carbocycles. The van der Waals surface area contributed by atoms with E-state index < -0.39 is 34.3 Å². The number of nitrogens with zero attached hydrogens (tertiary/aromatic N) is 3. The number of carbonyl (C=O) groups excluding carboxylic acids is 1. The van der Waals surface area contributed by atoms with E-state index >= 15 is 8.78 Å². The number of methoxy groups -OCH3 is 1. The summed E-state index contributed by atoms with van der Waals surface area (Å²) in [7, 11) is 1.55. The lowest BCUT2D eigenvalue weighted by Crippen LogP contribution is -2.62. The number of hydrogen-bond acceptors (Lipinski definition) is 7. The number of halogens is 2. The molecule has 2 aliphatic rings. The van der Waals surface area contributed by atoms with Crippen LogP contribution < -0.4 is 9.47 Å². The van der Waals surface area contributed by atoms with Gasteiger partial charge in [0.15, 0.2) is 6.61 Å². The number of ether oxygens (including phenoxy) is 2. The standard InChI is InChI=1S/C26H35F2N3O5/c1-23(2)14-24(3,4)16-25(33,15-23)26(27,28)22(32)31-11-7-10-19(31)21-30-29-20(36-21)13-35-18-9-6-8-17(12-18)34-5/h6,8-9,12,19,33H,7,10-11,13-16H2,1-5H3/t19-/m0/s1. The maximum atomic E-state index is 15.8. The number of amides is 1. The van der Waals surface area contributed by atoms with Crippen molar-refractivity contribution in [2.75, 3.05) is 13.7 Å². The summed E-state index contributed by atoms with van der Waals surface area (Å²) in [6, 6.07) is 6.23. The molecule has 4 rings (SSSR count). The number of aromatic nitrogens is 2. The highest BCUT2D eigenvalue weighted by atomic mass is 19.3. The maximum Gasteiger partial charge on any atom is 0.352 e. The normalized spacial score (nSPS) is 22.9. The molecule has 1 aromatic heterocycles. The first-order valence-corrected chi connectivity index (χ1v) is 12.3. The predicted molar refractivity (Wildman–Crippen MR) is 127 cm³/mol. The van der Waals surface area contributed by atoms with Crippen LogP contribution in [0.5, 0.6) is 11.5 Å². The van der Waals surface area contributed by atoms with Crippen molar-refractivity contribution in [3.63, 3.8) is 0 Å². The largest absolute Gasteiger partial charge is 0.497 e. The Morgan fingerprint density at radius 1 is 1.17 bits per heavy atom. The highest BCUT2D eigenvalue weighted by Crippen LogP contribution is 2.55. The number of hydrogen-bond donors (Lipinski definition) is 1. The van der Waals surface area contributed by atoms with Crippen LogP contribution in [-0.4, -0.2) is 51.3 Å². The van der Waals surface area contributed by atoms with Gasteiger partial charge in [0.1, 0.15) is 23.1 Å². The summed E-state index contributed by atoms with van der Waals surface area (Å²) in [6.45, 7) is 7.51. The van der Waals surface area contributed by atoms with Crippen LogP contribution in [-0.2, 0) is 11.4 Å². The fourth-order valence-electron chi connectivity index (χ4n) is 6.23. The summed E-state index contributed by atoms with van der Waals surface area (Å²) < 4.78 is 48.0. The molecule has 1 amide bonds. The van der Waals surface area contributed by atoms with Gasteiger partial charge >= 0.3 is 5.92 Å². The minimum Gasteiger partial charge on any atom is -0.497 e. The Morgan fingerprint density at radius 3 is 2.50 bits per heavy atom. The monoisotopic (exact) mass is 507 g/mol. The van der Waals surface area contributed by atoms with Crippen molar-refractivity contribution in [3.8, 4) is 11.5 Å². The van der Waals surface area contributed by atoms with Crippen molar-refractivity contribution >= 4 is 5.91 Å². The van der Waals surface area contributed by atoms with Gasteiger partial charge in [-0.1, -0.05) is 33.8 Å². The summed E-state index contributed by atoms with van der Waals surface area (Å²) in [5, 5.41) is 19.2. The molecule has 10 heteroatoms. The maximum absolute atomic E-state index is 15.8. The Bertz CT molecular complexity index is 1080. The highest BCUT2D eigenvalue weighted by Gasteiger charge is 2.65. The summed E-state index contributed by atoms with van der Waals surface area (Å²) >= 11 is 0. The third kappa shape index (κ3) is 5.19. The zero-order chi connectivity index (χ0) is 26.4. The zero-order valence-corrected chi connectivity index (χ0v) is 21.5. The fourth-order valence-corrected chi connectivity index (χ4v) is 6.23. The number of benzene rings is 1. The van der Waals surface area contributed by atoms with Crippen LogP contribution in [0.25, 0.3) is 0 Å². The molecule has 1 aromatic carbocycles. The first kappa shape index (κ1) is 26.3. The van der Waals surface area contributed by atoms with E-state index in [0.717, 1.165) is 4.90 Å². The van der Waals surface area contributed by atoms with Gasteiger partial charge < -0.3 is 23.9 Å². The molecule has 2 heterocycles. The van der Waals surface area contributed by atoms with Crippen LogP contribution >= 0.6 is 0 Å². The molecule has 0 spiro atoms. The van der Waals surface area contributed by atoms with Crippen molar-refractivity contribution in [1.29, 1.82) is 0 Å². The van der Waals surface area contributed by atoms with Gasteiger partial charge in [0.2, 0.25) is 5.89 Å². The molecule has 0 radical (unpaired) electrons. The topological polar surface area (TPSA) is 97.9 Å². The zero-order valence-electron chi connectivity index (χ0n) is 21.5. The van der Waals surface area contributed by atoms with Gasteiger partial charge in [-0.2, -0.15) is 8.78 Å². The molecule has 1 saturated heterocycles. The summed E-state index contributed by atoms with van der Waals surface area (Å²) in [4.78, 5) is 14.3. The van der Waals surface area contributed by atoms with Crippen molar-refractivity contribution < 1.29 is 32.6 Å². The lowest BCUT2D eigenvalue weighted by Gasteiger charge is -2.51. The van der Waals surface area contributed by atoms with Crippen molar-refractivity contribution in [2.24, 2.45) is 10.8 Å². The van der Waals surface area contributed by atoms with E-state index in [1.54, 1.807) is 31.4 Å². The molecule has 2 aromatic rings. The molecular formula is C26H35F2N3O5. The van der Waals surface area contributed by atoms with Crippen LogP contribution in [0.3, 0.4) is 0 Å². The van der Waals surface area contributed by atoms with Crippen LogP contribution in [0, 0.1) is 10.8 Å². The van der Waals surface area contributed by atoms with E-state index in [1.165, 1.54) is 0 Å². The van der Waals surface area contributed by atoms with Gasteiger partial charge in [0.25, 0.3) is 11.8 Å². The Labute approximate surface area is 210 Å². The van der Waals surface area contributed by atoms with E-state index in [0.29, 0.717) is 30.8 Å². The molecule has 36 heavy (non-hydrogen) atoms. The fraction of sp³-hybridized carbons (Fsp3) is 0.654. The van der Waals surface area contributed by atoms with E-state index in [1.807, 2.05) is 27.7 Å². The molecule has 1 atom stereocenters. The summed E-state index contributed by atoms with van der Waals surface area (Å²) in [5.41, 5.74) is -3.50. The number of rotatable bonds is 7. The van der Waals surface area contributed by atoms with Gasteiger partial charge in [-0.25, -0.2) is 0 Å². The quantitative estimate of drug-likeness (QED) is 0.568. The van der Waals surface area contributed by atoms with Crippen molar-refractivity contribution in [1.82, 2.24) is 15.1 Å². The molecular weight excluding hydrogens is 472 g/mol. The van der Waals surface area contributed by atoms with Crippen molar-refractivity contribution in [3.05, 3.63) is 36.0 Å². The second-order valence-corrected chi connectivity index (χ2v) is 11.6. The molecule has 198 valence electrons. The smallest absolute Gasteiger partial charge is 0.352 e. The van der Waals surface area contributed by atoms with Gasteiger partial charge in [-0.05, 0) is 55.1 Å². The van der Waals surface area contributed by atoms with Gasteiger partial charge in [0, 0.05) is 12.6 Å². The molecule has 1 N–H and O–H groups in total. The molecule has 1 aliphatic heterocycles. The summed E-state index contributed by atoms with van der Waals surface area (Å²) in [6.07, 6.45) is 1.29. The number of alkyl halides is 2. The Morgan fingerprint density at radius 2 is 1.83 bits per heavy atom. The number of carbonyl (C=O) groups is 1. The van der Waals surface area contributed by atoms with Gasteiger partial charge in [0.05, 0.1) is 7.11 Å². The van der Waals surface area contributed by atoms with Crippen LogP contribution in [0.4, 0.5) is 8.78 Å². The van der Waals surface area contributed by atoms with E-state index in [2.05, 4.69) is 10.2 Å². The molecule has 8 nitrogen and oxygen atoms in total. The first-order chi connectivity index (χ1) is 16.8. The molecule has 0 bridgehead atoms. The molecule has 0 unspecified atom stereocenters. The SMILES string of the molecule is COc1cccc(OCc2nnc([C@@H]3CCCN3C(=O)C(F)(F)C3(O)CC(C)(C)CC(C)(C)C3)o2)c1. The Balaban J connectivity index is 1.49. The predicted octanol–water partition coefficient (Wildman–Crippen LogP) is 4.92. The second-order valence-electron chi connectivity index (χ2n) is 11.6. The minimum atomic E-state index is -3.96. The minimum absolute atomic E-state index is 0.0269. The van der Waals surface area contributed by atoms with Crippen LogP contribution in [0.15, 0.2) is 28.7 Å². The lowest BCUT2D eigenvalue weighted by molar-refractivity contribution is -0.231. The molecule has 1 aliphatic carbocycles. The second kappa shape index (κ2) is 9.28. The van der Waals surface area contributed by atoms with Gasteiger partial charge in [-0.15, -0.1) is 10.2 Å². The molecule has 2 fully saturated rings. The summed E-state index contributed by atoms with van der Waals surface area (Å²) in [5.74, 6) is -3.94. The van der Waals surface area contributed by atoms with E-state index in [-0.39, 0.29) is 37.8 Å². The average Bonchev–Trinajstić information content (AvgIpc) is 3.44. The first-order valence-electron chi connectivity index (χ1n) is 12.3. The third-order valence-electron chi connectivity index (χ3n) is 7.04. The Hall–Kier alpha value is -2.75. The average molecular weight is 508 g/mol. The highest BCUT2D eigenvalue weighted by molar-refractivity contribution is 5.85. The lowest BCUT2D eigenvalue weighted by atomic mass is 9.58. The van der Waals surface area contributed by atoms with Crippen molar-refractivity contribution in [2.45, 2.75) is 84.0 Å². The van der Waals surface area contributed by atoms with E-state index in [4.69, 9.17) is 13.9 Å². The van der Waals surface area contributed by atoms with E-state index in [9.17, 15) is 9.90 Å². The van der Waals surface area contributed by atoms with Crippen LogP contribution in [0.2, 0.25) is 0 Å². The number of aliphatic hydroxyl groups is 1. The van der Waals surface area contributed by atoms with Gasteiger partial charge in [-0.3, -0.25) is 4.79 Å². The third-order valence-corrected chi connectivity index (χ3v) is 7.04. The Kier molecular flexibility index (Phi) is 6.79. The number of likely N-dealkylation sites (tertiary alicyclic amines) is 1. The van der Waals surface area contributed by atoms with Crippen LogP contribution in [0.1, 0.15) is 77.6 Å².